The van der Waals surface area contributed by atoms with Crippen LogP contribution in [0, 0.1) is 0 Å². The Morgan fingerprint density at radius 1 is 0.553 bits per heavy atom. The Kier molecular flexibility index (Phi) is 4.49. The maximum atomic E-state index is 4.86. The van der Waals surface area contributed by atoms with Gasteiger partial charge in [0.15, 0.2) is 0 Å². The Balaban J connectivity index is 1.44. The fourth-order valence-corrected chi connectivity index (χ4v) is 5.72. The zero-order chi connectivity index (χ0) is 25.1. The molecule has 8 aromatic rings. The van der Waals surface area contributed by atoms with Gasteiger partial charge in [-0.1, -0.05) is 54.6 Å². The first-order valence-corrected chi connectivity index (χ1v) is 12.7. The van der Waals surface area contributed by atoms with Crippen molar-refractivity contribution < 1.29 is 0 Å². The second-order valence-corrected chi connectivity index (χ2v) is 9.61. The monoisotopic (exact) mass is 486 g/mol. The van der Waals surface area contributed by atoms with Crippen LogP contribution in [0.2, 0.25) is 0 Å². The smallest absolute Gasteiger partial charge is 0.138 e. The van der Waals surface area contributed by atoms with Gasteiger partial charge in [0.1, 0.15) is 5.82 Å². The molecular weight excluding hydrogens is 464 g/mol. The lowest BCUT2D eigenvalue weighted by molar-refractivity contribution is 1.08. The van der Waals surface area contributed by atoms with E-state index < -0.39 is 0 Å². The SMILES string of the molecule is c1ccc(-n2ccc3cc4c(ccc5c6ccccc6n(-c6cc(-c7cccnc7)ccn6)c45)cc32)cc1. The molecule has 4 aromatic heterocycles. The molecule has 4 aromatic carbocycles. The summed E-state index contributed by atoms with van der Waals surface area (Å²) >= 11 is 0. The quantitative estimate of drug-likeness (QED) is 0.252. The third-order valence-corrected chi connectivity index (χ3v) is 7.46. The summed E-state index contributed by atoms with van der Waals surface area (Å²) in [5.74, 6) is 0.895. The molecule has 0 radical (unpaired) electrons. The molecule has 38 heavy (non-hydrogen) atoms. The van der Waals surface area contributed by atoms with E-state index in [4.69, 9.17) is 4.98 Å². The summed E-state index contributed by atoms with van der Waals surface area (Å²) < 4.78 is 4.57. The number of nitrogens with zero attached hydrogens (tertiary/aromatic N) is 4. The highest BCUT2D eigenvalue weighted by atomic mass is 15.1. The zero-order valence-corrected chi connectivity index (χ0v) is 20.5. The Morgan fingerprint density at radius 2 is 1.45 bits per heavy atom. The normalized spacial score (nSPS) is 11.7. The molecular formula is C34H22N4. The van der Waals surface area contributed by atoms with Crippen LogP contribution in [0.15, 0.2) is 134 Å². The van der Waals surface area contributed by atoms with E-state index in [2.05, 4.69) is 117 Å². The fourth-order valence-electron chi connectivity index (χ4n) is 5.72. The van der Waals surface area contributed by atoms with Gasteiger partial charge in [-0.3, -0.25) is 9.55 Å². The van der Waals surface area contributed by atoms with Crippen molar-refractivity contribution in [3.05, 3.63) is 134 Å². The molecule has 4 heteroatoms. The first kappa shape index (κ1) is 20.9. The molecule has 0 atom stereocenters. The van der Waals surface area contributed by atoms with Crippen molar-refractivity contribution >= 4 is 43.5 Å². The number of fused-ring (bicyclic) bond motifs is 6. The van der Waals surface area contributed by atoms with Gasteiger partial charge in [0.05, 0.1) is 16.6 Å². The summed E-state index contributed by atoms with van der Waals surface area (Å²) in [6.07, 6.45) is 7.75. The topological polar surface area (TPSA) is 35.6 Å². The lowest BCUT2D eigenvalue weighted by Crippen LogP contribution is -1.98. The third-order valence-electron chi connectivity index (χ3n) is 7.46. The predicted molar refractivity (Wildman–Crippen MR) is 156 cm³/mol. The van der Waals surface area contributed by atoms with Crippen LogP contribution in [0.5, 0.6) is 0 Å². The average Bonchev–Trinajstić information content (AvgIpc) is 3.56. The van der Waals surface area contributed by atoms with Gasteiger partial charge in [0.2, 0.25) is 0 Å². The molecule has 0 unspecified atom stereocenters. The van der Waals surface area contributed by atoms with E-state index in [-0.39, 0.29) is 0 Å². The van der Waals surface area contributed by atoms with E-state index in [1.807, 2.05) is 24.5 Å². The van der Waals surface area contributed by atoms with E-state index in [1.54, 1.807) is 6.20 Å². The van der Waals surface area contributed by atoms with E-state index in [0.29, 0.717) is 0 Å². The standard InChI is InChI=1S/C34H22N4/c1-2-8-27(9-3-1)37-18-15-25-19-30-24(20-32(25)37)12-13-29-28-10-4-5-11-31(28)38(34(29)30)33-21-23(14-17-36-33)26-7-6-16-35-22-26/h1-22H. The number of para-hydroxylation sites is 2. The van der Waals surface area contributed by atoms with E-state index in [0.717, 1.165) is 28.1 Å². The van der Waals surface area contributed by atoms with Crippen LogP contribution in [0.1, 0.15) is 0 Å². The van der Waals surface area contributed by atoms with Crippen molar-refractivity contribution in [1.29, 1.82) is 0 Å². The molecule has 0 N–H and O–H groups in total. The Morgan fingerprint density at radius 3 is 2.34 bits per heavy atom. The second kappa shape index (κ2) is 8.15. The zero-order valence-electron chi connectivity index (χ0n) is 20.5. The van der Waals surface area contributed by atoms with Gasteiger partial charge in [0, 0.05) is 57.6 Å². The van der Waals surface area contributed by atoms with Crippen LogP contribution in [-0.4, -0.2) is 19.1 Å². The highest BCUT2D eigenvalue weighted by molar-refractivity contribution is 6.20. The number of benzene rings is 4. The van der Waals surface area contributed by atoms with Crippen molar-refractivity contribution in [2.45, 2.75) is 0 Å². The molecule has 0 aliphatic carbocycles. The van der Waals surface area contributed by atoms with Gasteiger partial charge in [-0.05, 0) is 65.5 Å². The van der Waals surface area contributed by atoms with E-state index in [9.17, 15) is 0 Å². The number of pyridine rings is 2. The van der Waals surface area contributed by atoms with Crippen molar-refractivity contribution in [3.8, 4) is 22.6 Å². The first-order valence-electron chi connectivity index (χ1n) is 12.7. The highest BCUT2D eigenvalue weighted by Gasteiger charge is 2.17. The van der Waals surface area contributed by atoms with Crippen molar-refractivity contribution in [3.63, 3.8) is 0 Å². The molecule has 0 bridgehead atoms. The van der Waals surface area contributed by atoms with Gasteiger partial charge in [0.25, 0.3) is 0 Å². The van der Waals surface area contributed by atoms with Crippen LogP contribution in [-0.2, 0) is 0 Å². The molecule has 0 amide bonds. The number of rotatable bonds is 3. The lowest BCUT2D eigenvalue weighted by Gasteiger charge is -2.11. The summed E-state index contributed by atoms with van der Waals surface area (Å²) in [6, 6.07) is 38.7. The summed E-state index contributed by atoms with van der Waals surface area (Å²) in [4.78, 5) is 9.18. The molecule has 0 fully saturated rings. The maximum Gasteiger partial charge on any atom is 0.138 e. The van der Waals surface area contributed by atoms with E-state index >= 15 is 0 Å². The highest BCUT2D eigenvalue weighted by Crippen LogP contribution is 2.38. The number of hydrogen-bond acceptors (Lipinski definition) is 2. The van der Waals surface area contributed by atoms with Crippen LogP contribution in [0.4, 0.5) is 0 Å². The third kappa shape index (κ3) is 3.10. The van der Waals surface area contributed by atoms with Crippen molar-refractivity contribution in [2.75, 3.05) is 0 Å². The first-order chi connectivity index (χ1) is 18.8. The molecule has 0 saturated heterocycles. The minimum Gasteiger partial charge on any atom is -0.317 e. The Bertz CT molecular complexity index is 2120. The Hall–Kier alpha value is -5.22. The van der Waals surface area contributed by atoms with Crippen molar-refractivity contribution in [2.24, 2.45) is 0 Å². The van der Waals surface area contributed by atoms with Gasteiger partial charge >= 0.3 is 0 Å². The van der Waals surface area contributed by atoms with Crippen LogP contribution < -0.4 is 0 Å². The lowest BCUT2D eigenvalue weighted by atomic mass is 10.0. The average molecular weight is 487 g/mol. The largest absolute Gasteiger partial charge is 0.317 e. The van der Waals surface area contributed by atoms with E-state index in [1.165, 1.54) is 38.0 Å². The molecule has 8 rings (SSSR count). The van der Waals surface area contributed by atoms with Crippen LogP contribution in [0.3, 0.4) is 0 Å². The van der Waals surface area contributed by atoms with Crippen molar-refractivity contribution in [1.82, 2.24) is 19.1 Å². The molecule has 0 spiro atoms. The molecule has 0 aliphatic rings. The molecule has 0 saturated carbocycles. The molecule has 178 valence electrons. The summed E-state index contributed by atoms with van der Waals surface area (Å²) in [6.45, 7) is 0. The second-order valence-electron chi connectivity index (χ2n) is 9.61. The molecule has 4 nitrogen and oxygen atoms in total. The van der Waals surface area contributed by atoms with Gasteiger partial charge in [-0.2, -0.15) is 0 Å². The fraction of sp³-hybridized carbons (Fsp3) is 0. The van der Waals surface area contributed by atoms with Gasteiger partial charge < -0.3 is 4.57 Å². The minimum atomic E-state index is 0.895. The number of hydrogen-bond donors (Lipinski definition) is 0. The minimum absolute atomic E-state index is 0.895. The maximum absolute atomic E-state index is 4.86. The summed E-state index contributed by atoms with van der Waals surface area (Å²) in [5, 5.41) is 6.07. The summed E-state index contributed by atoms with van der Waals surface area (Å²) in [7, 11) is 0. The van der Waals surface area contributed by atoms with Crippen LogP contribution in [0.25, 0.3) is 66.1 Å². The summed E-state index contributed by atoms with van der Waals surface area (Å²) in [5.41, 5.74) is 6.85. The van der Waals surface area contributed by atoms with Gasteiger partial charge in [-0.15, -0.1) is 0 Å². The molecule has 4 heterocycles. The predicted octanol–water partition coefficient (Wildman–Crippen LogP) is 8.34. The Labute approximate surface area is 219 Å². The van der Waals surface area contributed by atoms with Gasteiger partial charge in [-0.25, -0.2) is 4.98 Å². The van der Waals surface area contributed by atoms with Crippen LogP contribution >= 0.6 is 0 Å². The molecule has 0 aliphatic heterocycles. The number of aromatic nitrogens is 4.